The molecule has 0 amide bonds. The van der Waals surface area contributed by atoms with Gasteiger partial charge in [-0.15, -0.1) is 0 Å². The Hall–Kier alpha value is -2.22. The third-order valence-electron chi connectivity index (χ3n) is 2.07. The second-order valence-electron chi connectivity index (χ2n) is 3.35. The Labute approximate surface area is 103 Å². The van der Waals surface area contributed by atoms with Crippen LogP contribution >= 0.6 is 0 Å². The number of nitrogens with two attached hydrogens (primary N) is 1. The van der Waals surface area contributed by atoms with Crippen molar-refractivity contribution in [3.8, 4) is 0 Å². The van der Waals surface area contributed by atoms with Crippen molar-refractivity contribution in [2.45, 2.75) is 4.90 Å². The Morgan fingerprint density at radius 1 is 1.28 bits per heavy atom. The Bertz CT molecular complexity index is 641. The number of benzene rings is 1. The highest BCUT2D eigenvalue weighted by molar-refractivity contribution is 7.92. The lowest BCUT2D eigenvalue weighted by molar-refractivity contribution is 0.571. The number of hydrogen-bond donors (Lipinski definition) is 2. The summed E-state index contributed by atoms with van der Waals surface area (Å²) in [6.45, 7) is 0. The van der Waals surface area contributed by atoms with Crippen molar-refractivity contribution in [3.05, 3.63) is 42.6 Å². The molecule has 94 valence electrons. The van der Waals surface area contributed by atoms with E-state index < -0.39 is 20.7 Å². The summed E-state index contributed by atoms with van der Waals surface area (Å²) in [7, 11) is -4.13. The van der Waals surface area contributed by atoms with Crippen LogP contribution < -0.4 is 10.5 Å². The summed E-state index contributed by atoms with van der Waals surface area (Å²) in [5, 5.41) is 0. The van der Waals surface area contributed by atoms with E-state index in [1.165, 1.54) is 30.7 Å². The Balaban J connectivity index is 2.44. The van der Waals surface area contributed by atoms with Crippen molar-refractivity contribution in [3.63, 3.8) is 0 Å². The van der Waals surface area contributed by atoms with Gasteiger partial charge >= 0.3 is 0 Å². The van der Waals surface area contributed by atoms with E-state index in [0.717, 1.165) is 6.07 Å². The Kier molecular flexibility index (Phi) is 3.11. The van der Waals surface area contributed by atoms with Gasteiger partial charge in [-0.1, -0.05) is 6.07 Å². The average molecular weight is 268 g/mol. The number of nitrogens with one attached hydrogen (secondary N) is 1. The van der Waals surface area contributed by atoms with Gasteiger partial charge in [0.2, 0.25) is 0 Å². The minimum atomic E-state index is -4.13. The van der Waals surface area contributed by atoms with Crippen molar-refractivity contribution in [2.75, 3.05) is 10.5 Å². The molecule has 0 fully saturated rings. The molecule has 8 heteroatoms. The van der Waals surface area contributed by atoms with E-state index in [2.05, 4.69) is 14.7 Å². The third-order valence-corrected chi connectivity index (χ3v) is 3.51. The second kappa shape index (κ2) is 4.57. The van der Waals surface area contributed by atoms with Gasteiger partial charge in [0.25, 0.3) is 10.0 Å². The second-order valence-corrected chi connectivity index (χ2v) is 4.97. The lowest BCUT2D eigenvalue weighted by Gasteiger charge is -2.09. The van der Waals surface area contributed by atoms with Crippen LogP contribution in [0.5, 0.6) is 0 Å². The van der Waals surface area contributed by atoms with E-state index in [4.69, 9.17) is 5.73 Å². The van der Waals surface area contributed by atoms with E-state index in [0.29, 0.717) is 0 Å². The lowest BCUT2D eigenvalue weighted by Crippen LogP contribution is -2.17. The van der Waals surface area contributed by atoms with Crippen LogP contribution in [-0.4, -0.2) is 18.4 Å². The first-order valence-corrected chi connectivity index (χ1v) is 6.32. The lowest BCUT2D eigenvalue weighted by atomic mass is 10.3. The Morgan fingerprint density at radius 2 is 2.06 bits per heavy atom. The average Bonchev–Trinajstić information content (AvgIpc) is 2.28. The van der Waals surface area contributed by atoms with Crippen LogP contribution in [0, 0.1) is 5.82 Å². The van der Waals surface area contributed by atoms with Gasteiger partial charge in [-0.25, -0.2) is 17.8 Å². The molecular weight excluding hydrogens is 259 g/mol. The maximum absolute atomic E-state index is 13.5. The molecule has 1 aromatic heterocycles. The first kappa shape index (κ1) is 12.2. The molecule has 0 spiro atoms. The minimum Gasteiger partial charge on any atom is -0.398 e. The Morgan fingerprint density at radius 3 is 2.67 bits per heavy atom. The fourth-order valence-electron chi connectivity index (χ4n) is 1.35. The van der Waals surface area contributed by atoms with Gasteiger partial charge in [-0.3, -0.25) is 9.71 Å². The smallest absolute Gasteiger partial charge is 0.268 e. The van der Waals surface area contributed by atoms with E-state index in [-0.39, 0.29) is 11.5 Å². The third kappa shape index (κ3) is 2.38. The molecular formula is C10H9FN4O2S. The number of aromatic nitrogens is 2. The SMILES string of the molecule is Nc1cccc(F)c1S(=O)(=O)Nc1cnccn1. The number of sulfonamides is 1. The zero-order chi connectivity index (χ0) is 13.2. The quantitative estimate of drug-likeness (QED) is 0.809. The van der Waals surface area contributed by atoms with Crippen LogP contribution in [0.1, 0.15) is 0 Å². The summed E-state index contributed by atoms with van der Waals surface area (Å²) < 4.78 is 39.5. The van der Waals surface area contributed by atoms with E-state index in [1.807, 2.05) is 0 Å². The molecule has 18 heavy (non-hydrogen) atoms. The first-order valence-electron chi connectivity index (χ1n) is 4.83. The van der Waals surface area contributed by atoms with E-state index in [9.17, 15) is 12.8 Å². The highest BCUT2D eigenvalue weighted by atomic mass is 32.2. The van der Waals surface area contributed by atoms with Gasteiger partial charge < -0.3 is 5.73 Å². The molecule has 6 nitrogen and oxygen atoms in total. The molecule has 0 saturated carbocycles. The fraction of sp³-hybridized carbons (Fsp3) is 0. The summed E-state index contributed by atoms with van der Waals surface area (Å²) in [4.78, 5) is 6.82. The molecule has 0 bridgehead atoms. The maximum atomic E-state index is 13.5. The van der Waals surface area contributed by atoms with E-state index in [1.54, 1.807) is 0 Å². The van der Waals surface area contributed by atoms with Crippen molar-refractivity contribution in [1.82, 2.24) is 9.97 Å². The zero-order valence-electron chi connectivity index (χ0n) is 9.04. The summed E-state index contributed by atoms with van der Waals surface area (Å²) in [5.74, 6) is -0.938. The maximum Gasteiger partial charge on any atom is 0.268 e. The standard InChI is InChI=1S/C10H9FN4O2S/c11-7-2-1-3-8(12)10(7)18(16,17)15-9-6-13-4-5-14-9/h1-6H,12H2,(H,14,15). The molecule has 0 atom stereocenters. The summed E-state index contributed by atoms with van der Waals surface area (Å²) in [6, 6.07) is 3.64. The predicted molar refractivity (Wildman–Crippen MR) is 63.7 cm³/mol. The van der Waals surface area contributed by atoms with Crippen LogP contribution in [0.4, 0.5) is 15.9 Å². The van der Waals surface area contributed by atoms with Gasteiger partial charge in [0, 0.05) is 12.4 Å². The van der Waals surface area contributed by atoms with Gasteiger partial charge in [-0.05, 0) is 12.1 Å². The van der Waals surface area contributed by atoms with Crippen LogP contribution in [0.25, 0.3) is 0 Å². The normalized spacial score (nSPS) is 11.2. The molecule has 2 aromatic rings. The highest BCUT2D eigenvalue weighted by Gasteiger charge is 2.22. The van der Waals surface area contributed by atoms with E-state index >= 15 is 0 Å². The molecule has 2 rings (SSSR count). The first-order chi connectivity index (χ1) is 8.50. The molecule has 0 aliphatic carbocycles. The number of halogens is 1. The van der Waals surface area contributed by atoms with Crippen LogP contribution in [0.15, 0.2) is 41.7 Å². The van der Waals surface area contributed by atoms with Crippen molar-refractivity contribution in [1.29, 1.82) is 0 Å². The van der Waals surface area contributed by atoms with Crippen LogP contribution in [0.2, 0.25) is 0 Å². The van der Waals surface area contributed by atoms with Gasteiger partial charge in [0.15, 0.2) is 5.82 Å². The highest BCUT2D eigenvalue weighted by Crippen LogP contribution is 2.23. The molecule has 0 aliphatic heterocycles. The molecule has 0 saturated heterocycles. The minimum absolute atomic E-state index is 0.0137. The summed E-state index contributed by atoms with van der Waals surface area (Å²) in [5.41, 5.74) is 5.29. The van der Waals surface area contributed by atoms with Gasteiger partial charge in [-0.2, -0.15) is 0 Å². The largest absolute Gasteiger partial charge is 0.398 e. The van der Waals surface area contributed by atoms with Crippen LogP contribution in [0.3, 0.4) is 0 Å². The molecule has 0 aliphatic rings. The van der Waals surface area contributed by atoms with Crippen molar-refractivity contribution >= 4 is 21.5 Å². The number of nitrogen functional groups attached to an aromatic ring is 1. The van der Waals surface area contributed by atoms with Gasteiger partial charge in [0.1, 0.15) is 10.7 Å². The summed E-state index contributed by atoms with van der Waals surface area (Å²) >= 11 is 0. The number of anilines is 2. The topological polar surface area (TPSA) is 98.0 Å². The van der Waals surface area contributed by atoms with Gasteiger partial charge in [0.05, 0.1) is 11.9 Å². The molecule has 1 heterocycles. The molecule has 0 unspecified atom stereocenters. The molecule has 0 radical (unpaired) electrons. The number of rotatable bonds is 3. The van der Waals surface area contributed by atoms with Crippen LogP contribution in [-0.2, 0) is 10.0 Å². The summed E-state index contributed by atoms with van der Waals surface area (Å²) in [6.07, 6.45) is 3.90. The number of nitrogens with zero attached hydrogens (tertiary/aromatic N) is 2. The van der Waals surface area contributed by atoms with Crippen molar-refractivity contribution < 1.29 is 12.8 Å². The molecule has 3 N–H and O–H groups in total. The zero-order valence-corrected chi connectivity index (χ0v) is 9.86. The number of hydrogen-bond acceptors (Lipinski definition) is 5. The monoisotopic (exact) mass is 268 g/mol. The molecule has 1 aromatic carbocycles. The predicted octanol–water partition coefficient (Wildman–Crippen LogP) is 0.999. The van der Waals surface area contributed by atoms with Crippen molar-refractivity contribution in [2.24, 2.45) is 0 Å². The fourth-order valence-corrected chi connectivity index (χ4v) is 2.54.